The summed E-state index contributed by atoms with van der Waals surface area (Å²) in [4.78, 5) is 44.3. The number of halogens is 2. The standard InChI is InChI=1S/C32H27Cl2N3O5/c1-32(18-27(37-42-32)22-13-12-20-6-3-4-7-21(20)17-22)31(40)36-26(30(39)41-2)16-19-10-14-23(15-11-19)35-29(38)28-24(33)8-5-9-25(28)34/h3-15,17,26H,16,18H2,1-2H3,(H,35,38)(H,36,40)/t26-,32?/m0/s1. The van der Waals surface area contributed by atoms with Crippen molar-refractivity contribution in [2.75, 3.05) is 12.4 Å². The van der Waals surface area contributed by atoms with Gasteiger partial charge in [-0.2, -0.15) is 0 Å². The van der Waals surface area contributed by atoms with Crippen LogP contribution in [0.15, 0.2) is 90.1 Å². The molecule has 5 rings (SSSR count). The number of methoxy groups -OCH3 is 1. The van der Waals surface area contributed by atoms with E-state index in [1.165, 1.54) is 7.11 Å². The fraction of sp³-hybridized carbons (Fsp3) is 0.188. The molecule has 8 nitrogen and oxygen atoms in total. The zero-order valence-corrected chi connectivity index (χ0v) is 24.3. The molecule has 0 saturated carbocycles. The maximum Gasteiger partial charge on any atom is 0.328 e. The van der Waals surface area contributed by atoms with Crippen LogP contribution in [0.1, 0.15) is 34.8 Å². The number of oxime groups is 1. The highest BCUT2D eigenvalue weighted by atomic mass is 35.5. The number of nitrogens with one attached hydrogen (secondary N) is 2. The number of esters is 1. The molecule has 1 heterocycles. The predicted molar refractivity (Wildman–Crippen MR) is 163 cm³/mol. The highest BCUT2D eigenvalue weighted by molar-refractivity contribution is 6.40. The lowest BCUT2D eigenvalue weighted by Crippen LogP contribution is -2.52. The molecule has 0 saturated heterocycles. The quantitative estimate of drug-likeness (QED) is 0.234. The minimum Gasteiger partial charge on any atom is -0.467 e. The zero-order valence-electron chi connectivity index (χ0n) is 22.8. The SMILES string of the molecule is COC(=O)[C@H](Cc1ccc(NC(=O)c2c(Cl)cccc2Cl)cc1)NC(=O)C1(C)CC(c2ccc3ccccc3c2)=NO1. The van der Waals surface area contributed by atoms with E-state index >= 15 is 0 Å². The molecule has 214 valence electrons. The lowest BCUT2D eigenvalue weighted by atomic mass is 9.93. The van der Waals surface area contributed by atoms with Gasteiger partial charge in [0.1, 0.15) is 6.04 Å². The van der Waals surface area contributed by atoms with Crippen LogP contribution in [0.25, 0.3) is 10.8 Å². The van der Waals surface area contributed by atoms with Crippen molar-refractivity contribution < 1.29 is 24.0 Å². The largest absolute Gasteiger partial charge is 0.467 e. The molecule has 2 N–H and O–H groups in total. The van der Waals surface area contributed by atoms with Crippen molar-refractivity contribution in [3.63, 3.8) is 0 Å². The summed E-state index contributed by atoms with van der Waals surface area (Å²) in [6.07, 6.45) is 0.381. The number of anilines is 1. The third kappa shape index (κ3) is 6.25. The molecule has 42 heavy (non-hydrogen) atoms. The van der Waals surface area contributed by atoms with Crippen LogP contribution in [0.4, 0.5) is 5.69 Å². The molecule has 10 heteroatoms. The molecule has 0 spiro atoms. The molecule has 2 atom stereocenters. The van der Waals surface area contributed by atoms with Crippen molar-refractivity contribution in [1.82, 2.24) is 5.32 Å². The highest BCUT2D eigenvalue weighted by Crippen LogP contribution is 2.29. The second-order valence-electron chi connectivity index (χ2n) is 10.1. The first kappa shape index (κ1) is 29.1. The zero-order chi connectivity index (χ0) is 29.9. The van der Waals surface area contributed by atoms with Gasteiger partial charge in [0.05, 0.1) is 28.4 Å². The number of rotatable bonds is 8. The normalized spacial score (nSPS) is 16.7. The predicted octanol–water partition coefficient (Wildman–Crippen LogP) is 6.18. The van der Waals surface area contributed by atoms with Crippen LogP contribution in [0.2, 0.25) is 10.0 Å². The third-order valence-corrected chi connectivity index (χ3v) is 7.69. The second kappa shape index (κ2) is 12.2. The number of fused-ring (bicyclic) bond motifs is 1. The molecule has 0 fully saturated rings. The number of ether oxygens (including phenoxy) is 1. The third-order valence-electron chi connectivity index (χ3n) is 7.06. The molecule has 2 amide bonds. The van der Waals surface area contributed by atoms with Crippen LogP contribution in [0, 0.1) is 0 Å². The lowest BCUT2D eigenvalue weighted by molar-refractivity contribution is -0.150. The van der Waals surface area contributed by atoms with E-state index in [2.05, 4.69) is 15.8 Å². The van der Waals surface area contributed by atoms with Gasteiger partial charge in [0, 0.05) is 24.1 Å². The average Bonchev–Trinajstić information content (AvgIpc) is 3.40. The van der Waals surface area contributed by atoms with Crippen LogP contribution in [0.5, 0.6) is 0 Å². The Hall–Kier alpha value is -4.40. The summed E-state index contributed by atoms with van der Waals surface area (Å²) in [7, 11) is 1.26. The number of benzene rings is 4. The Bertz CT molecular complexity index is 1690. The Morgan fingerprint density at radius 1 is 0.952 bits per heavy atom. The van der Waals surface area contributed by atoms with Gasteiger partial charge >= 0.3 is 5.97 Å². The Labute approximate surface area is 252 Å². The topological polar surface area (TPSA) is 106 Å². The van der Waals surface area contributed by atoms with Gasteiger partial charge in [-0.15, -0.1) is 0 Å². The molecule has 1 unspecified atom stereocenters. The maximum absolute atomic E-state index is 13.4. The Morgan fingerprint density at radius 3 is 2.33 bits per heavy atom. The van der Waals surface area contributed by atoms with Crippen LogP contribution < -0.4 is 10.6 Å². The van der Waals surface area contributed by atoms with Crippen LogP contribution in [-0.2, 0) is 25.6 Å². The number of nitrogens with zero attached hydrogens (tertiary/aromatic N) is 1. The summed E-state index contributed by atoms with van der Waals surface area (Å²) in [5, 5.41) is 12.4. The van der Waals surface area contributed by atoms with Gasteiger partial charge < -0.3 is 20.2 Å². The summed E-state index contributed by atoms with van der Waals surface area (Å²) < 4.78 is 4.95. The number of carbonyl (C=O) groups excluding carboxylic acids is 3. The van der Waals surface area contributed by atoms with E-state index < -0.39 is 29.4 Å². The Morgan fingerprint density at radius 2 is 1.64 bits per heavy atom. The summed E-state index contributed by atoms with van der Waals surface area (Å²) in [6, 6.07) is 24.6. The smallest absolute Gasteiger partial charge is 0.328 e. The van der Waals surface area contributed by atoms with Crippen molar-refractivity contribution in [3.8, 4) is 0 Å². The number of carbonyl (C=O) groups is 3. The molecule has 4 aromatic rings. The summed E-state index contributed by atoms with van der Waals surface area (Å²) in [5.74, 6) is -1.54. The van der Waals surface area contributed by atoms with E-state index in [1.54, 1.807) is 49.4 Å². The van der Waals surface area contributed by atoms with Crippen molar-refractivity contribution in [3.05, 3.63) is 112 Å². The van der Waals surface area contributed by atoms with Crippen molar-refractivity contribution >= 4 is 63.2 Å². The number of hydrogen-bond donors (Lipinski definition) is 2. The molecule has 1 aliphatic heterocycles. The molecule has 0 aliphatic carbocycles. The average molecular weight is 604 g/mol. The second-order valence-corrected chi connectivity index (χ2v) is 10.9. The van der Waals surface area contributed by atoms with Gasteiger partial charge in [-0.3, -0.25) is 9.59 Å². The van der Waals surface area contributed by atoms with Gasteiger partial charge in [-0.05, 0) is 53.6 Å². The van der Waals surface area contributed by atoms with E-state index in [4.69, 9.17) is 32.8 Å². The minimum atomic E-state index is -1.30. The molecule has 1 aliphatic rings. The van der Waals surface area contributed by atoms with E-state index in [1.807, 2.05) is 42.5 Å². The molecular weight excluding hydrogens is 577 g/mol. The van der Waals surface area contributed by atoms with Crippen LogP contribution >= 0.6 is 23.2 Å². The first-order valence-electron chi connectivity index (χ1n) is 13.1. The van der Waals surface area contributed by atoms with Crippen LogP contribution in [0.3, 0.4) is 0 Å². The highest BCUT2D eigenvalue weighted by Gasteiger charge is 2.43. The minimum absolute atomic E-state index is 0.150. The van der Waals surface area contributed by atoms with Crippen molar-refractivity contribution in [2.45, 2.75) is 31.4 Å². The van der Waals surface area contributed by atoms with Crippen molar-refractivity contribution in [2.24, 2.45) is 5.16 Å². The molecule has 0 radical (unpaired) electrons. The van der Waals surface area contributed by atoms with E-state index in [-0.39, 0.29) is 28.5 Å². The summed E-state index contributed by atoms with van der Waals surface area (Å²) in [5.41, 5.74) is 1.60. The molecule has 0 bridgehead atoms. The number of hydrogen-bond acceptors (Lipinski definition) is 6. The van der Waals surface area contributed by atoms with Gasteiger partial charge in [0.15, 0.2) is 0 Å². The van der Waals surface area contributed by atoms with Gasteiger partial charge in [-0.1, -0.05) is 83.0 Å². The lowest BCUT2D eigenvalue weighted by Gasteiger charge is -2.24. The Balaban J connectivity index is 1.24. The van der Waals surface area contributed by atoms with Crippen molar-refractivity contribution in [1.29, 1.82) is 0 Å². The molecular formula is C32H27Cl2N3O5. The van der Waals surface area contributed by atoms with E-state index in [0.29, 0.717) is 11.4 Å². The monoisotopic (exact) mass is 603 g/mol. The number of amides is 2. The maximum atomic E-state index is 13.4. The fourth-order valence-corrected chi connectivity index (χ4v) is 5.27. The van der Waals surface area contributed by atoms with Gasteiger partial charge in [0.2, 0.25) is 5.60 Å². The molecule has 4 aromatic carbocycles. The fourth-order valence-electron chi connectivity index (χ4n) is 4.70. The summed E-state index contributed by atoms with van der Waals surface area (Å²) >= 11 is 12.3. The first-order chi connectivity index (χ1) is 20.2. The summed E-state index contributed by atoms with van der Waals surface area (Å²) in [6.45, 7) is 1.64. The van der Waals surface area contributed by atoms with Crippen LogP contribution in [-0.4, -0.2) is 42.2 Å². The van der Waals surface area contributed by atoms with E-state index in [0.717, 1.165) is 21.9 Å². The first-order valence-corrected chi connectivity index (χ1v) is 13.9. The molecule has 0 aromatic heterocycles. The van der Waals surface area contributed by atoms with Gasteiger partial charge in [0.25, 0.3) is 11.8 Å². The Kier molecular flexibility index (Phi) is 8.47. The van der Waals surface area contributed by atoms with E-state index in [9.17, 15) is 14.4 Å². The van der Waals surface area contributed by atoms with Gasteiger partial charge in [-0.25, -0.2) is 4.79 Å².